The molecule has 0 heterocycles. The lowest BCUT2D eigenvalue weighted by atomic mass is 10.1. The fraction of sp³-hybridized carbons (Fsp3) is 0.550. The molecule has 0 aliphatic carbocycles. The van der Waals surface area contributed by atoms with E-state index >= 15 is 0 Å². The van der Waals surface area contributed by atoms with Gasteiger partial charge in [0.05, 0.1) is 6.10 Å². The predicted molar refractivity (Wildman–Crippen MR) is 97.7 cm³/mol. The summed E-state index contributed by atoms with van der Waals surface area (Å²) >= 11 is 0. The normalized spacial score (nSPS) is 15.0. The Balaban J connectivity index is 3.88. The maximum absolute atomic E-state index is 10.3. The summed E-state index contributed by atoms with van der Waals surface area (Å²) in [6.07, 6.45) is 19.4. The molecule has 2 atom stereocenters. The van der Waals surface area contributed by atoms with Crippen LogP contribution in [0.4, 0.5) is 0 Å². The van der Waals surface area contributed by atoms with Gasteiger partial charge in [0.15, 0.2) is 0 Å². The van der Waals surface area contributed by atoms with E-state index in [2.05, 4.69) is 11.8 Å². The second-order valence-corrected chi connectivity index (χ2v) is 5.88. The number of unbranched alkanes of at least 4 members (excludes halogenated alkanes) is 2. The number of allylic oxidation sites excluding steroid dienone is 6. The van der Waals surface area contributed by atoms with Crippen LogP contribution in [0, 0.1) is 0 Å². The van der Waals surface area contributed by atoms with Crippen LogP contribution in [-0.2, 0) is 9.68 Å². The van der Waals surface area contributed by atoms with Crippen molar-refractivity contribution in [3.8, 4) is 0 Å². The SMILES string of the molecule is CCCCC[C@@H](/C=C/C=C\C=C\C=C\C[C@@H](O)CCCC(=O)[O-])OO. The van der Waals surface area contributed by atoms with Gasteiger partial charge in [0, 0.05) is 5.97 Å². The van der Waals surface area contributed by atoms with Gasteiger partial charge in [0.1, 0.15) is 6.10 Å². The maximum Gasteiger partial charge on any atom is 0.111 e. The van der Waals surface area contributed by atoms with Crippen molar-refractivity contribution in [2.24, 2.45) is 0 Å². The van der Waals surface area contributed by atoms with E-state index in [1.807, 2.05) is 48.6 Å². The zero-order valence-corrected chi connectivity index (χ0v) is 15.0. The van der Waals surface area contributed by atoms with Crippen LogP contribution >= 0.6 is 0 Å². The van der Waals surface area contributed by atoms with E-state index in [0.29, 0.717) is 19.3 Å². The first-order valence-corrected chi connectivity index (χ1v) is 8.95. The fourth-order valence-electron chi connectivity index (χ4n) is 2.14. The Kier molecular flexibility index (Phi) is 16.0. The number of rotatable bonds is 15. The number of carbonyl (C=O) groups excluding carboxylic acids is 1. The monoisotopic (exact) mass is 351 g/mol. The molecule has 25 heavy (non-hydrogen) atoms. The van der Waals surface area contributed by atoms with Gasteiger partial charge in [-0.3, -0.25) is 5.26 Å². The Morgan fingerprint density at radius 3 is 2.36 bits per heavy atom. The summed E-state index contributed by atoms with van der Waals surface area (Å²) in [7, 11) is 0. The van der Waals surface area contributed by atoms with Gasteiger partial charge in [-0.1, -0.05) is 74.8 Å². The number of carboxylic acid groups (broad SMARTS) is 1. The number of carbonyl (C=O) groups is 1. The second kappa shape index (κ2) is 17.1. The minimum Gasteiger partial charge on any atom is -0.550 e. The highest BCUT2D eigenvalue weighted by Gasteiger charge is 2.02. The van der Waals surface area contributed by atoms with E-state index < -0.39 is 12.1 Å². The van der Waals surface area contributed by atoms with Gasteiger partial charge in [0.2, 0.25) is 0 Å². The molecule has 5 heteroatoms. The Labute approximate surface area is 151 Å². The van der Waals surface area contributed by atoms with Crippen molar-refractivity contribution >= 4 is 5.97 Å². The van der Waals surface area contributed by atoms with Crippen molar-refractivity contribution in [2.45, 2.75) is 70.5 Å². The minimum absolute atomic E-state index is 0.0141. The summed E-state index contributed by atoms with van der Waals surface area (Å²) in [6, 6.07) is 0. The topological polar surface area (TPSA) is 89.8 Å². The summed E-state index contributed by atoms with van der Waals surface area (Å²) < 4.78 is 0. The Morgan fingerprint density at radius 2 is 1.72 bits per heavy atom. The molecule has 0 unspecified atom stereocenters. The highest BCUT2D eigenvalue weighted by molar-refractivity contribution is 5.64. The van der Waals surface area contributed by atoms with E-state index in [4.69, 9.17) is 5.26 Å². The molecule has 0 amide bonds. The summed E-state index contributed by atoms with van der Waals surface area (Å²) in [5.41, 5.74) is 0. The first-order chi connectivity index (χ1) is 12.1. The second-order valence-electron chi connectivity index (χ2n) is 5.88. The van der Waals surface area contributed by atoms with Crippen LogP contribution in [0.3, 0.4) is 0 Å². The molecule has 0 radical (unpaired) electrons. The summed E-state index contributed by atoms with van der Waals surface area (Å²) in [6.45, 7) is 2.13. The number of aliphatic hydroxyl groups is 1. The van der Waals surface area contributed by atoms with Crippen LogP contribution < -0.4 is 5.11 Å². The van der Waals surface area contributed by atoms with Crippen LogP contribution in [0.2, 0.25) is 0 Å². The zero-order valence-electron chi connectivity index (χ0n) is 15.0. The smallest absolute Gasteiger partial charge is 0.111 e. The average molecular weight is 351 g/mol. The Morgan fingerprint density at radius 1 is 1.04 bits per heavy atom. The van der Waals surface area contributed by atoms with E-state index in [9.17, 15) is 15.0 Å². The molecule has 2 N–H and O–H groups in total. The third-order valence-electron chi connectivity index (χ3n) is 3.57. The first-order valence-electron chi connectivity index (χ1n) is 8.95. The highest BCUT2D eigenvalue weighted by atomic mass is 17.1. The molecule has 0 aromatic rings. The first kappa shape index (κ1) is 23.3. The molecule has 0 saturated carbocycles. The molecule has 0 saturated heterocycles. The van der Waals surface area contributed by atoms with Gasteiger partial charge >= 0.3 is 0 Å². The molecule has 0 aliphatic heterocycles. The lowest BCUT2D eigenvalue weighted by Crippen LogP contribution is -2.22. The van der Waals surface area contributed by atoms with Gasteiger partial charge in [-0.05, 0) is 32.1 Å². The lowest BCUT2D eigenvalue weighted by Gasteiger charge is -2.07. The van der Waals surface area contributed by atoms with Crippen LogP contribution in [0.1, 0.15) is 58.3 Å². The van der Waals surface area contributed by atoms with E-state index in [-0.39, 0.29) is 12.5 Å². The average Bonchev–Trinajstić information content (AvgIpc) is 2.58. The molecule has 142 valence electrons. The molecule has 0 aromatic carbocycles. The number of aliphatic carboxylic acids is 1. The molecule has 0 aliphatic rings. The molecule has 0 spiro atoms. The predicted octanol–water partition coefficient (Wildman–Crippen LogP) is 3.32. The van der Waals surface area contributed by atoms with Crippen LogP contribution in [0.15, 0.2) is 48.6 Å². The number of aliphatic hydroxyl groups excluding tert-OH is 1. The quantitative estimate of drug-likeness (QED) is 0.204. The molecule has 0 fully saturated rings. The van der Waals surface area contributed by atoms with Gasteiger partial charge < -0.3 is 15.0 Å². The van der Waals surface area contributed by atoms with E-state index in [0.717, 1.165) is 25.7 Å². The van der Waals surface area contributed by atoms with Crippen molar-refractivity contribution in [2.75, 3.05) is 0 Å². The minimum atomic E-state index is -1.08. The number of hydrogen-bond donors (Lipinski definition) is 2. The third kappa shape index (κ3) is 16.9. The highest BCUT2D eigenvalue weighted by Crippen LogP contribution is 2.07. The lowest BCUT2D eigenvalue weighted by molar-refractivity contribution is -0.305. The van der Waals surface area contributed by atoms with Gasteiger partial charge in [-0.25, -0.2) is 4.89 Å². The fourth-order valence-corrected chi connectivity index (χ4v) is 2.14. The number of hydrogen-bond acceptors (Lipinski definition) is 5. The Hall–Kier alpha value is -1.69. The molecule has 0 bridgehead atoms. The van der Waals surface area contributed by atoms with E-state index in [1.54, 1.807) is 0 Å². The van der Waals surface area contributed by atoms with Gasteiger partial charge in [-0.15, -0.1) is 0 Å². The molecular weight excluding hydrogens is 320 g/mol. The zero-order chi connectivity index (χ0) is 18.8. The largest absolute Gasteiger partial charge is 0.550 e. The van der Waals surface area contributed by atoms with E-state index in [1.165, 1.54) is 0 Å². The third-order valence-corrected chi connectivity index (χ3v) is 3.57. The van der Waals surface area contributed by atoms with Crippen molar-refractivity contribution in [1.82, 2.24) is 0 Å². The van der Waals surface area contributed by atoms with Crippen molar-refractivity contribution < 1.29 is 25.2 Å². The Bertz CT molecular complexity index is 437. The molecule has 5 nitrogen and oxygen atoms in total. The molecule has 0 rings (SSSR count). The maximum atomic E-state index is 10.3. The number of carboxylic acids is 1. The van der Waals surface area contributed by atoms with Crippen molar-refractivity contribution in [3.63, 3.8) is 0 Å². The van der Waals surface area contributed by atoms with Crippen molar-refractivity contribution in [1.29, 1.82) is 0 Å². The van der Waals surface area contributed by atoms with Gasteiger partial charge in [0.25, 0.3) is 0 Å². The molecule has 0 aromatic heterocycles. The van der Waals surface area contributed by atoms with Crippen LogP contribution in [0.5, 0.6) is 0 Å². The van der Waals surface area contributed by atoms with Crippen LogP contribution in [0.25, 0.3) is 0 Å². The van der Waals surface area contributed by atoms with Crippen molar-refractivity contribution in [3.05, 3.63) is 48.6 Å². The van der Waals surface area contributed by atoms with Gasteiger partial charge in [-0.2, -0.15) is 0 Å². The summed E-state index contributed by atoms with van der Waals surface area (Å²) in [5.74, 6) is -1.08. The summed E-state index contributed by atoms with van der Waals surface area (Å²) in [5, 5.41) is 28.7. The van der Waals surface area contributed by atoms with Crippen LogP contribution in [-0.4, -0.2) is 28.5 Å². The summed E-state index contributed by atoms with van der Waals surface area (Å²) in [4.78, 5) is 14.7. The standard InChI is InChI=1S/C20H32O5/c1-2-3-9-15-19(25-24)16-11-8-6-4-5-7-10-13-18(21)14-12-17-20(22)23/h4-8,10-11,16,18-19,21,24H,2-3,9,12-15,17H2,1H3,(H,22,23)/p-1/b5-4+,8-6-,10-7+,16-11+/t18-,19+/m1/s1. The molecular formula is C20H31O5-.